The molecule has 2 rings (SSSR count). The van der Waals surface area contributed by atoms with E-state index in [1.54, 1.807) is 7.11 Å². The molecule has 1 aromatic carbocycles. The summed E-state index contributed by atoms with van der Waals surface area (Å²) in [5, 5.41) is 3.07. The average Bonchev–Trinajstić information content (AvgIpc) is 2.89. The van der Waals surface area contributed by atoms with Crippen LogP contribution >= 0.6 is 0 Å². The van der Waals surface area contributed by atoms with Crippen LogP contribution in [0.15, 0.2) is 18.2 Å². The third-order valence-corrected chi connectivity index (χ3v) is 3.25. The Morgan fingerprint density at radius 2 is 2.37 bits per heavy atom. The first-order valence-corrected chi connectivity index (χ1v) is 6.75. The van der Waals surface area contributed by atoms with Gasteiger partial charge in [0, 0.05) is 26.5 Å². The maximum Gasteiger partial charge on any atom is 0.146 e. The Hall–Kier alpha value is -1.39. The molecule has 1 N–H and O–H groups in total. The lowest BCUT2D eigenvalue weighted by Gasteiger charge is -2.05. The summed E-state index contributed by atoms with van der Waals surface area (Å²) in [6.45, 7) is 2.56. The highest BCUT2D eigenvalue weighted by Gasteiger charge is 2.12. The lowest BCUT2D eigenvalue weighted by molar-refractivity contribution is -0.118. The lowest BCUT2D eigenvalue weighted by atomic mass is 10.0. The third kappa shape index (κ3) is 4.33. The summed E-state index contributed by atoms with van der Waals surface area (Å²) < 4.78 is 10.4. The quantitative estimate of drug-likeness (QED) is 0.719. The van der Waals surface area contributed by atoms with Gasteiger partial charge in [-0.15, -0.1) is 0 Å². The van der Waals surface area contributed by atoms with Crippen LogP contribution in [0, 0.1) is 0 Å². The van der Waals surface area contributed by atoms with E-state index in [1.165, 1.54) is 11.1 Å². The van der Waals surface area contributed by atoms with Gasteiger partial charge in [0.05, 0.1) is 19.8 Å². The largest absolute Gasteiger partial charge is 0.493 e. The molecule has 0 aliphatic carbocycles. The Bertz CT molecular complexity index is 431. The average molecular weight is 263 g/mol. The van der Waals surface area contributed by atoms with Crippen LogP contribution in [0.5, 0.6) is 5.75 Å². The van der Waals surface area contributed by atoms with Gasteiger partial charge in [0.25, 0.3) is 0 Å². The van der Waals surface area contributed by atoms with Gasteiger partial charge >= 0.3 is 0 Å². The topological polar surface area (TPSA) is 47.6 Å². The number of nitrogens with one attached hydrogen (secondary N) is 1. The molecule has 0 bridgehead atoms. The van der Waals surface area contributed by atoms with Crippen LogP contribution in [0.4, 0.5) is 0 Å². The summed E-state index contributed by atoms with van der Waals surface area (Å²) in [7, 11) is 1.65. The van der Waals surface area contributed by atoms with Crippen LogP contribution in [-0.2, 0) is 22.4 Å². The first-order valence-electron chi connectivity index (χ1n) is 6.75. The van der Waals surface area contributed by atoms with E-state index in [4.69, 9.17) is 9.47 Å². The van der Waals surface area contributed by atoms with E-state index in [2.05, 4.69) is 17.4 Å². The van der Waals surface area contributed by atoms with Gasteiger partial charge in [-0.1, -0.05) is 12.1 Å². The number of rotatable bonds is 8. The van der Waals surface area contributed by atoms with E-state index in [0.29, 0.717) is 19.6 Å². The van der Waals surface area contributed by atoms with E-state index in [1.807, 2.05) is 6.07 Å². The summed E-state index contributed by atoms with van der Waals surface area (Å²) >= 11 is 0. The number of benzene rings is 1. The van der Waals surface area contributed by atoms with Crippen molar-refractivity contribution in [2.45, 2.75) is 19.3 Å². The van der Waals surface area contributed by atoms with Crippen molar-refractivity contribution in [3.05, 3.63) is 29.3 Å². The molecule has 0 saturated carbocycles. The zero-order valence-electron chi connectivity index (χ0n) is 11.4. The standard InChI is InChI=1S/C15H21NO3/c1-18-9-7-16-11-14(17)4-2-12-3-5-15-13(10-12)6-8-19-15/h3,5,10,16H,2,4,6-9,11H2,1H3. The van der Waals surface area contributed by atoms with Gasteiger partial charge < -0.3 is 14.8 Å². The number of aryl methyl sites for hydroxylation is 1. The van der Waals surface area contributed by atoms with Gasteiger partial charge in [0.1, 0.15) is 11.5 Å². The van der Waals surface area contributed by atoms with E-state index in [0.717, 1.165) is 31.7 Å². The number of hydrogen-bond acceptors (Lipinski definition) is 4. The minimum atomic E-state index is 0.243. The number of fused-ring (bicyclic) bond motifs is 1. The number of carbonyl (C=O) groups is 1. The Kier molecular flexibility index (Phi) is 5.36. The molecule has 1 aromatic rings. The van der Waals surface area contributed by atoms with Crippen molar-refractivity contribution in [2.24, 2.45) is 0 Å². The minimum Gasteiger partial charge on any atom is -0.493 e. The molecule has 104 valence electrons. The fraction of sp³-hybridized carbons (Fsp3) is 0.533. The number of methoxy groups -OCH3 is 1. The molecule has 0 unspecified atom stereocenters. The highest BCUT2D eigenvalue weighted by atomic mass is 16.5. The van der Waals surface area contributed by atoms with Crippen molar-refractivity contribution in [2.75, 3.05) is 33.4 Å². The van der Waals surface area contributed by atoms with Gasteiger partial charge in [-0.3, -0.25) is 4.79 Å². The highest BCUT2D eigenvalue weighted by Crippen LogP contribution is 2.26. The minimum absolute atomic E-state index is 0.243. The Morgan fingerprint density at radius 1 is 1.47 bits per heavy atom. The van der Waals surface area contributed by atoms with Gasteiger partial charge in [-0.05, 0) is 23.6 Å². The van der Waals surface area contributed by atoms with Crippen molar-refractivity contribution in [1.29, 1.82) is 0 Å². The van der Waals surface area contributed by atoms with Crippen molar-refractivity contribution < 1.29 is 14.3 Å². The molecule has 19 heavy (non-hydrogen) atoms. The van der Waals surface area contributed by atoms with Crippen LogP contribution in [-0.4, -0.2) is 39.2 Å². The van der Waals surface area contributed by atoms with Gasteiger partial charge in [-0.25, -0.2) is 0 Å². The first kappa shape index (κ1) is 14.0. The summed E-state index contributed by atoms with van der Waals surface area (Å²) in [6.07, 6.45) is 2.37. The zero-order chi connectivity index (χ0) is 13.5. The molecule has 0 atom stereocenters. The molecule has 0 aromatic heterocycles. The Morgan fingerprint density at radius 3 is 3.21 bits per heavy atom. The molecule has 0 saturated heterocycles. The molecule has 4 heteroatoms. The molecule has 0 amide bonds. The SMILES string of the molecule is COCCNCC(=O)CCc1ccc2c(c1)CCO2. The second-order valence-corrected chi connectivity index (χ2v) is 4.75. The third-order valence-electron chi connectivity index (χ3n) is 3.25. The predicted octanol–water partition coefficient (Wildman–Crippen LogP) is 1.36. The number of ketones is 1. The molecule has 1 aliphatic rings. The first-order chi connectivity index (χ1) is 9.29. The van der Waals surface area contributed by atoms with Crippen LogP contribution in [0.3, 0.4) is 0 Å². The van der Waals surface area contributed by atoms with Crippen molar-refractivity contribution in [1.82, 2.24) is 5.32 Å². The van der Waals surface area contributed by atoms with Crippen LogP contribution in [0.1, 0.15) is 17.5 Å². The summed E-state index contributed by atoms with van der Waals surface area (Å²) in [4.78, 5) is 11.7. The normalized spacial score (nSPS) is 13.1. The molecular weight excluding hydrogens is 242 g/mol. The van der Waals surface area contributed by atoms with Gasteiger partial charge in [0.15, 0.2) is 0 Å². The monoisotopic (exact) mass is 263 g/mol. The van der Waals surface area contributed by atoms with Crippen molar-refractivity contribution in [3.63, 3.8) is 0 Å². The molecule has 0 radical (unpaired) electrons. The zero-order valence-corrected chi connectivity index (χ0v) is 11.4. The molecule has 0 fully saturated rings. The molecule has 0 spiro atoms. The summed E-state index contributed by atoms with van der Waals surface area (Å²) in [5.74, 6) is 1.24. The summed E-state index contributed by atoms with van der Waals surface area (Å²) in [5.41, 5.74) is 2.48. The van der Waals surface area contributed by atoms with Crippen LogP contribution in [0.25, 0.3) is 0 Å². The second-order valence-electron chi connectivity index (χ2n) is 4.75. The van der Waals surface area contributed by atoms with E-state index >= 15 is 0 Å². The van der Waals surface area contributed by atoms with E-state index in [9.17, 15) is 4.79 Å². The van der Waals surface area contributed by atoms with Crippen LogP contribution in [0.2, 0.25) is 0 Å². The number of Topliss-reactive ketones (excluding diaryl/α,β-unsaturated/α-hetero) is 1. The molecular formula is C15H21NO3. The maximum absolute atomic E-state index is 11.7. The molecule has 1 heterocycles. The van der Waals surface area contributed by atoms with Gasteiger partial charge in [-0.2, -0.15) is 0 Å². The highest BCUT2D eigenvalue weighted by molar-refractivity contribution is 5.80. The van der Waals surface area contributed by atoms with E-state index in [-0.39, 0.29) is 5.78 Å². The van der Waals surface area contributed by atoms with Crippen molar-refractivity contribution >= 4 is 5.78 Å². The Balaban J connectivity index is 1.71. The predicted molar refractivity (Wildman–Crippen MR) is 73.7 cm³/mol. The number of hydrogen-bond donors (Lipinski definition) is 1. The number of ether oxygens (including phenoxy) is 2. The molecule has 1 aliphatic heterocycles. The van der Waals surface area contributed by atoms with Gasteiger partial charge in [0.2, 0.25) is 0 Å². The Labute approximate surface area is 114 Å². The number of carbonyl (C=O) groups excluding carboxylic acids is 1. The fourth-order valence-corrected chi connectivity index (χ4v) is 2.17. The maximum atomic E-state index is 11.7. The second kappa shape index (κ2) is 7.26. The smallest absolute Gasteiger partial charge is 0.146 e. The lowest BCUT2D eigenvalue weighted by Crippen LogP contribution is -2.26. The van der Waals surface area contributed by atoms with E-state index < -0.39 is 0 Å². The van der Waals surface area contributed by atoms with Crippen LogP contribution < -0.4 is 10.1 Å². The summed E-state index contributed by atoms with van der Waals surface area (Å²) in [6, 6.07) is 6.22. The molecule has 4 nitrogen and oxygen atoms in total. The van der Waals surface area contributed by atoms with Crippen molar-refractivity contribution in [3.8, 4) is 5.75 Å². The fourth-order valence-electron chi connectivity index (χ4n) is 2.17.